The highest BCUT2D eigenvalue weighted by Crippen LogP contribution is 2.43. The molecule has 8 nitrogen and oxygen atoms in total. The lowest BCUT2D eigenvalue weighted by molar-refractivity contribution is -0.141. The molecular formula is C21H22F3N7O. The van der Waals surface area contributed by atoms with E-state index in [1.807, 2.05) is 9.58 Å². The first-order valence-electron chi connectivity index (χ1n) is 10.7. The van der Waals surface area contributed by atoms with E-state index in [0.717, 1.165) is 68.7 Å². The molecule has 1 atom stereocenters. The molecule has 0 bridgehead atoms. The topological polar surface area (TPSA) is 72.2 Å². The maximum Gasteiger partial charge on any atom is 0.433 e. The summed E-state index contributed by atoms with van der Waals surface area (Å²) < 4.78 is 46.3. The molecule has 3 saturated heterocycles. The maximum absolute atomic E-state index is 13.0. The Bertz CT molecular complexity index is 1150. The fourth-order valence-corrected chi connectivity index (χ4v) is 4.85. The number of alkyl halides is 3. The number of aromatic nitrogens is 5. The molecule has 11 heteroatoms. The van der Waals surface area contributed by atoms with Gasteiger partial charge in [-0.2, -0.15) is 18.3 Å². The minimum atomic E-state index is -4.43. The van der Waals surface area contributed by atoms with Crippen LogP contribution in [0, 0.1) is 5.41 Å². The number of rotatable bonds is 4. The molecule has 3 aliphatic heterocycles. The van der Waals surface area contributed by atoms with Gasteiger partial charge in [0.05, 0.1) is 25.0 Å². The third kappa shape index (κ3) is 3.35. The molecule has 0 radical (unpaired) electrons. The molecule has 3 aromatic rings. The fraction of sp³-hybridized carbons (Fsp3) is 0.524. The molecule has 168 valence electrons. The van der Waals surface area contributed by atoms with Crippen molar-refractivity contribution in [2.45, 2.75) is 31.7 Å². The molecule has 0 N–H and O–H groups in total. The number of anilines is 2. The molecule has 3 aliphatic rings. The molecule has 0 saturated carbocycles. The third-order valence-corrected chi connectivity index (χ3v) is 6.72. The molecule has 1 unspecified atom stereocenters. The van der Waals surface area contributed by atoms with Gasteiger partial charge in [-0.3, -0.25) is 4.98 Å². The van der Waals surface area contributed by atoms with Crippen LogP contribution in [0.4, 0.5) is 24.7 Å². The van der Waals surface area contributed by atoms with Gasteiger partial charge in [0.25, 0.3) is 0 Å². The van der Waals surface area contributed by atoms with Crippen LogP contribution in [0.1, 0.15) is 18.5 Å². The number of hydrogen-bond donors (Lipinski definition) is 0. The van der Waals surface area contributed by atoms with E-state index < -0.39 is 11.9 Å². The fourth-order valence-electron chi connectivity index (χ4n) is 4.85. The molecule has 3 fully saturated rings. The molecule has 6 heterocycles. The van der Waals surface area contributed by atoms with E-state index in [4.69, 9.17) is 9.72 Å². The van der Waals surface area contributed by atoms with Crippen LogP contribution in [0.5, 0.6) is 0 Å². The molecule has 32 heavy (non-hydrogen) atoms. The van der Waals surface area contributed by atoms with E-state index in [0.29, 0.717) is 12.2 Å². The normalized spacial score (nSPS) is 22.4. The number of fused-ring (bicyclic) bond motifs is 1. The summed E-state index contributed by atoms with van der Waals surface area (Å²) in [5.74, 6) is 0.812. The predicted molar refractivity (Wildman–Crippen MR) is 110 cm³/mol. The van der Waals surface area contributed by atoms with Gasteiger partial charge in [-0.15, -0.1) is 0 Å². The Kier molecular flexibility index (Phi) is 4.33. The lowest BCUT2D eigenvalue weighted by atomic mass is 9.79. The number of halogens is 3. The Morgan fingerprint density at radius 1 is 1.12 bits per heavy atom. The largest absolute Gasteiger partial charge is 0.433 e. The van der Waals surface area contributed by atoms with Crippen molar-refractivity contribution in [3.63, 3.8) is 0 Å². The van der Waals surface area contributed by atoms with Gasteiger partial charge in [0.15, 0.2) is 5.65 Å². The monoisotopic (exact) mass is 445 g/mol. The highest BCUT2D eigenvalue weighted by atomic mass is 19.4. The Morgan fingerprint density at radius 2 is 1.94 bits per heavy atom. The van der Waals surface area contributed by atoms with Crippen LogP contribution >= 0.6 is 0 Å². The van der Waals surface area contributed by atoms with Crippen molar-refractivity contribution in [3.8, 4) is 0 Å². The second-order valence-electron chi connectivity index (χ2n) is 8.97. The van der Waals surface area contributed by atoms with Crippen LogP contribution in [-0.2, 0) is 17.5 Å². The predicted octanol–water partition coefficient (Wildman–Crippen LogP) is 2.75. The van der Waals surface area contributed by atoms with Crippen molar-refractivity contribution in [1.82, 2.24) is 24.7 Å². The molecule has 0 aliphatic carbocycles. The van der Waals surface area contributed by atoms with Crippen molar-refractivity contribution in [1.29, 1.82) is 0 Å². The van der Waals surface area contributed by atoms with E-state index in [9.17, 15) is 13.2 Å². The Hall–Kier alpha value is -2.95. The zero-order valence-corrected chi connectivity index (χ0v) is 17.3. The van der Waals surface area contributed by atoms with Crippen LogP contribution in [-0.4, -0.2) is 63.6 Å². The number of pyridine rings is 1. The van der Waals surface area contributed by atoms with Gasteiger partial charge in [-0.1, -0.05) is 0 Å². The number of nitrogens with zero attached hydrogens (tertiary/aromatic N) is 7. The average molecular weight is 445 g/mol. The van der Waals surface area contributed by atoms with E-state index in [-0.39, 0.29) is 11.5 Å². The Morgan fingerprint density at radius 3 is 2.69 bits per heavy atom. The summed E-state index contributed by atoms with van der Waals surface area (Å²) in [6.07, 6.45) is 2.48. The van der Waals surface area contributed by atoms with Gasteiger partial charge in [-0.05, 0) is 25.0 Å². The van der Waals surface area contributed by atoms with Gasteiger partial charge in [0, 0.05) is 50.1 Å². The molecular weight excluding hydrogens is 423 g/mol. The van der Waals surface area contributed by atoms with Gasteiger partial charge < -0.3 is 14.5 Å². The van der Waals surface area contributed by atoms with Gasteiger partial charge >= 0.3 is 6.18 Å². The van der Waals surface area contributed by atoms with Crippen LogP contribution < -0.4 is 9.80 Å². The summed E-state index contributed by atoms with van der Waals surface area (Å²) in [7, 11) is 0. The third-order valence-electron chi connectivity index (χ3n) is 6.72. The lowest BCUT2D eigenvalue weighted by Gasteiger charge is -2.49. The Balaban J connectivity index is 1.15. The van der Waals surface area contributed by atoms with E-state index in [1.165, 1.54) is 6.20 Å². The average Bonchev–Trinajstić information content (AvgIpc) is 3.33. The number of hydrogen-bond acceptors (Lipinski definition) is 7. The molecule has 6 rings (SSSR count). The van der Waals surface area contributed by atoms with Crippen molar-refractivity contribution >= 4 is 22.7 Å². The van der Waals surface area contributed by atoms with E-state index in [2.05, 4.69) is 20.0 Å². The molecule has 3 aromatic heterocycles. The summed E-state index contributed by atoms with van der Waals surface area (Å²) >= 11 is 0. The minimum absolute atomic E-state index is 0.0539. The standard InChI is InChI=1S/C21H22F3N7O/c22-21(23,24)17-7-14(1-4-25-17)30-12-20(13-30)3-5-29(11-20)18-9-26-16-8-27-31(19(16)28-18)10-15-2-6-32-15/h1,4,7-9,15H,2-3,5-6,10-13H2. The summed E-state index contributed by atoms with van der Waals surface area (Å²) in [6, 6.07) is 2.77. The quantitative estimate of drug-likeness (QED) is 0.612. The first-order valence-corrected chi connectivity index (χ1v) is 10.7. The second-order valence-corrected chi connectivity index (χ2v) is 8.97. The minimum Gasteiger partial charge on any atom is -0.376 e. The van der Waals surface area contributed by atoms with Crippen molar-refractivity contribution < 1.29 is 17.9 Å². The summed E-state index contributed by atoms with van der Waals surface area (Å²) in [4.78, 5) is 17.0. The van der Waals surface area contributed by atoms with E-state index in [1.54, 1.807) is 18.5 Å². The molecule has 0 aromatic carbocycles. The highest BCUT2D eigenvalue weighted by Gasteiger charge is 2.48. The van der Waals surface area contributed by atoms with Crippen LogP contribution in [0.2, 0.25) is 0 Å². The molecule has 0 amide bonds. The van der Waals surface area contributed by atoms with Gasteiger partial charge in [0.1, 0.15) is 17.0 Å². The molecule has 1 spiro atoms. The first kappa shape index (κ1) is 19.7. The van der Waals surface area contributed by atoms with Crippen molar-refractivity contribution in [3.05, 3.63) is 36.4 Å². The highest BCUT2D eigenvalue weighted by molar-refractivity contribution is 5.71. The van der Waals surface area contributed by atoms with E-state index >= 15 is 0 Å². The smallest absolute Gasteiger partial charge is 0.376 e. The zero-order chi connectivity index (χ0) is 21.9. The van der Waals surface area contributed by atoms with Gasteiger partial charge in [-0.25, -0.2) is 14.6 Å². The van der Waals surface area contributed by atoms with Crippen molar-refractivity contribution in [2.24, 2.45) is 5.41 Å². The maximum atomic E-state index is 13.0. The summed E-state index contributed by atoms with van der Waals surface area (Å²) in [5.41, 5.74) is 1.29. The van der Waals surface area contributed by atoms with Gasteiger partial charge in [0.2, 0.25) is 0 Å². The van der Waals surface area contributed by atoms with Crippen LogP contribution in [0.25, 0.3) is 11.2 Å². The first-order chi connectivity index (χ1) is 15.4. The summed E-state index contributed by atoms with van der Waals surface area (Å²) in [5, 5.41) is 4.41. The van der Waals surface area contributed by atoms with Crippen LogP contribution in [0.3, 0.4) is 0 Å². The van der Waals surface area contributed by atoms with Crippen molar-refractivity contribution in [2.75, 3.05) is 42.6 Å². The SMILES string of the molecule is FC(F)(F)c1cc(N2CC3(CCN(c4cnc5cnn(CC6CCO6)c5n4)C3)C2)ccn1. The second kappa shape index (κ2) is 7.03. The summed E-state index contributed by atoms with van der Waals surface area (Å²) in [6.45, 7) is 4.56. The van der Waals surface area contributed by atoms with Crippen LogP contribution in [0.15, 0.2) is 30.7 Å². The number of ether oxygens (including phenoxy) is 1. The Labute approximate surface area is 182 Å². The lowest BCUT2D eigenvalue weighted by Crippen LogP contribution is -2.57. The zero-order valence-electron chi connectivity index (χ0n) is 17.3.